The third-order valence-electron chi connectivity index (χ3n) is 4.02. The number of fused-ring (bicyclic) bond motifs is 4. The summed E-state index contributed by atoms with van der Waals surface area (Å²) in [5.74, 6) is 0.681. The van der Waals surface area contributed by atoms with Gasteiger partial charge in [0.25, 0.3) is 0 Å². The third-order valence-corrected chi connectivity index (χ3v) is 5.10. The lowest BCUT2D eigenvalue weighted by Crippen LogP contribution is -1.92. The first-order valence-electron chi connectivity index (χ1n) is 7.38. The van der Waals surface area contributed by atoms with E-state index in [2.05, 4.69) is 46.4 Å². The van der Waals surface area contributed by atoms with E-state index in [-0.39, 0.29) is 0 Å². The first-order chi connectivity index (χ1) is 11.4. The number of rotatable bonds is 1. The third kappa shape index (κ3) is 1.92. The Morgan fingerprint density at radius 3 is 2.52 bits per heavy atom. The van der Waals surface area contributed by atoms with E-state index >= 15 is 0 Å². The number of thiophene rings is 1. The summed E-state index contributed by atoms with van der Waals surface area (Å²) in [5, 5.41) is 4.55. The van der Waals surface area contributed by atoms with Gasteiger partial charge in [-0.3, -0.25) is 4.98 Å². The zero-order chi connectivity index (χ0) is 15.2. The van der Waals surface area contributed by atoms with E-state index in [1.807, 2.05) is 30.6 Å². The minimum Gasteiger partial charge on any atom is -0.252 e. The van der Waals surface area contributed by atoms with Gasteiger partial charge in [0.2, 0.25) is 0 Å². The molecule has 0 aliphatic heterocycles. The van der Waals surface area contributed by atoms with Crippen LogP contribution in [0.2, 0.25) is 0 Å². The van der Waals surface area contributed by atoms with E-state index in [1.165, 1.54) is 10.1 Å². The van der Waals surface area contributed by atoms with E-state index < -0.39 is 0 Å². The van der Waals surface area contributed by atoms with E-state index in [9.17, 15) is 0 Å². The Labute approximate surface area is 136 Å². The molecule has 3 heterocycles. The molecule has 0 unspecified atom stereocenters. The van der Waals surface area contributed by atoms with Gasteiger partial charge in [0.1, 0.15) is 10.5 Å². The van der Waals surface area contributed by atoms with Crippen LogP contribution in [0.1, 0.15) is 0 Å². The number of hydrogen-bond donors (Lipinski definition) is 0. The molecule has 0 amide bonds. The van der Waals surface area contributed by atoms with Gasteiger partial charge in [0.15, 0.2) is 5.82 Å². The maximum atomic E-state index is 4.78. The van der Waals surface area contributed by atoms with Crippen molar-refractivity contribution in [2.45, 2.75) is 0 Å². The first-order valence-corrected chi connectivity index (χ1v) is 8.20. The Bertz CT molecular complexity index is 1170. The smallest absolute Gasteiger partial charge is 0.180 e. The molecule has 5 aromatic rings. The second-order valence-electron chi connectivity index (χ2n) is 5.39. The van der Waals surface area contributed by atoms with Gasteiger partial charge in [-0.1, -0.05) is 42.5 Å². The Kier molecular flexibility index (Phi) is 2.66. The highest BCUT2D eigenvalue weighted by atomic mass is 32.1. The number of aromatic nitrogens is 3. The summed E-state index contributed by atoms with van der Waals surface area (Å²) in [4.78, 5) is 14.9. The van der Waals surface area contributed by atoms with E-state index in [0.717, 1.165) is 26.7 Å². The van der Waals surface area contributed by atoms with Crippen LogP contribution in [0.3, 0.4) is 0 Å². The molecule has 3 nitrogen and oxygen atoms in total. The molecule has 0 bridgehead atoms. The maximum absolute atomic E-state index is 4.78. The van der Waals surface area contributed by atoms with Crippen LogP contribution >= 0.6 is 11.3 Å². The van der Waals surface area contributed by atoms with Gasteiger partial charge in [-0.15, -0.1) is 11.3 Å². The van der Waals surface area contributed by atoms with Crippen molar-refractivity contribution >= 4 is 42.4 Å². The SMILES string of the molecule is c1ccc2c(-c3ncc4c(n3)sc3ccccc34)nccc2c1. The Morgan fingerprint density at radius 1 is 0.739 bits per heavy atom. The highest BCUT2D eigenvalue weighted by molar-refractivity contribution is 7.25. The lowest BCUT2D eigenvalue weighted by Gasteiger charge is -2.04. The maximum Gasteiger partial charge on any atom is 0.180 e. The second kappa shape index (κ2) is 4.83. The monoisotopic (exact) mass is 313 g/mol. The molecule has 0 aliphatic carbocycles. The summed E-state index contributed by atoms with van der Waals surface area (Å²) in [6, 6.07) is 18.6. The minimum absolute atomic E-state index is 0.681. The standard InChI is InChI=1S/C19H11N3S/c1-2-6-13-12(5-1)9-10-20-17(13)18-21-11-15-14-7-3-4-8-16(14)23-19(15)22-18/h1-11H. The van der Waals surface area contributed by atoms with E-state index in [1.54, 1.807) is 11.3 Å². The van der Waals surface area contributed by atoms with Crippen molar-refractivity contribution in [1.29, 1.82) is 0 Å². The molecule has 0 aliphatic rings. The lowest BCUT2D eigenvalue weighted by molar-refractivity contribution is 1.20. The fourth-order valence-electron chi connectivity index (χ4n) is 2.92. The first kappa shape index (κ1) is 12.7. The molecule has 2 aromatic carbocycles. The van der Waals surface area contributed by atoms with Gasteiger partial charge in [0, 0.05) is 33.3 Å². The Balaban J connectivity index is 1.81. The van der Waals surface area contributed by atoms with Gasteiger partial charge in [-0.25, -0.2) is 9.97 Å². The number of benzene rings is 2. The molecule has 0 saturated heterocycles. The molecule has 0 spiro atoms. The lowest BCUT2D eigenvalue weighted by atomic mass is 10.1. The fourth-order valence-corrected chi connectivity index (χ4v) is 3.97. The summed E-state index contributed by atoms with van der Waals surface area (Å²) in [5.41, 5.74) is 0.836. The minimum atomic E-state index is 0.681. The molecule has 0 saturated carbocycles. The molecule has 3 aromatic heterocycles. The molecule has 0 atom stereocenters. The van der Waals surface area contributed by atoms with Gasteiger partial charge >= 0.3 is 0 Å². The number of hydrogen-bond acceptors (Lipinski definition) is 4. The quantitative estimate of drug-likeness (QED) is 0.434. The average molecular weight is 313 g/mol. The zero-order valence-electron chi connectivity index (χ0n) is 12.1. The normalized spacial score (nSPS) is 11.5. The molecule has 4 heteroatoms. The van der Waals surface area contributed by atoms with Crippen LogP contribution < -0.4 is 0 Å². The van der Waals surface area contributed by atoms with Crippen LogP contribution in [0.15, 0.2) is 67.0 Å². The number of nitrogens with zero attached hydrogens (tertiary/aromatic N) is 3. The fraction of sp³-hybridized carbons (Fsp3) is 0. The molecule has 5 rings (SSSR count). The predicted molar refractivity (Wildman–Crippen MR) is 95.7 cm³/mol. The molecule has 108 valence electrons. The largest absolute Gasteiger partial charge is 0.252 e. The van der Waals surface area contributed by atoms with Crippen LogP contribution in [0, 0.1) is 0 Å². The van der Waals surface area contributed by atoms with Gasteiger partial charge in [-0.2, -0.15) is 0 Å². The van der Waals surface area contributed by atoms with E-state index in [0.29, 0.717) is 5.82 Å². The van der Waals surface area contributed by atoms with Crippen LogP contribution in [0.4, 0.5) is 0 Å². The highest BCUT2D eigenvalue weighted by Gasteiger charge is 2.11. The molecule has 23 heavy (non-hydrogen) atoms. The van der Waals surface area contributed by atoms with Crippen molar-refractivity contribution in [2.24, 2.45) is 0 Å². The molecular weight excluding hydrogens is 302 g/mol. The van der Waals surface area contributed by atoms with Crippen LogP contribution in [0.25, 0.3) is 42.6 Å². The zero-order valence-corrected chi connectivity index (χ0v) is 12.9. The van der Waals surface area contributed by atoms with Crippen molar-refractivity contribution in [3.8, 4) is 11.5 Å². The van der Waals surface area contributed by atoms with Crippen molar-refractivity contribution < 1.29 is 0 Å². The summed E-state index contributed by atoms with van der Waals surface area (Å²) < 4.78 is 1.24. The van der Waals surface area contributed by atoms with Crippen molar-refractivity contribution in [1.82, 2.24) is 15.0 Å². The number of pyridine rings is 1. The summed E-state index contributed by atoms with van der Waals surface area (Å²) in [7, 11) is 0. The Morgan fingerprint density at radius 2 is 1.57 bits per heavy atom. The van der Waals surface area contributed by atoms with Gasteiger partial charge in [-0.05, 0) is 17.5 Å². The molecule has 0 radical (unpaired) electrons. The molecular formula is C19H11N3S. The van der Waals surface area contributed by atoms with Crippen molar-refractivity contribution in [3.63, 3.8) is 0 Å². The van der Waals surface area contributed by atoms with Gasteiger partial charge in [0.05, 0.1) is 0 Å². The second-order valence-corrected chi connectivity index (χ2v) is 6.42. The predicted octanol–water partition coefficient (Wildman–Crippen LogP) is 5.06. The highest BCUT2D eigenvalue weighted by Crippen LogP contribution is 2.33. The van der Waals surface area contributed by atoms with E-state index in [4.69, 9.17) is 4.98 Å². The topological polar surface area (TPSA) is 38.7 Å². The van der Waals surface area contributed by atoms with Crippen LogP contribution in [-0.4, -0.2) is 15.0 Å². The average Bonchev–Trinajstić information content (AvgIpc) is 2.99. The van der Waals surface area contributed by atoms with Crippen molar-refractivity contribution in [2.75, 3.05) is 0 Å². The summed E-state index contributed by atoms with van der Waals surface area (Å²) >= 11 is 1.70. The van der Waals surface area contributed by atoms with Crippen LogP contribution in [0.5, 0.6) is 0 Å². The Hall–Kier alpha value is -2.85. The van der Waals surface area contributed by atoms with Crippen molar-refractivity contribution in [3.05, 3.63) is 67.0 Å². The summed E-state index contributed by atoms with van der Waals surface area (Å²) in [6.45, 7) is 0. The van der Waals surface area contributed by atoms with Crippen LogP contribution in [-0.2, 0) is 0 Å². The van der Waals surface area contributed by atoms with Gasteiger partial charge < -0.3 is 0 Å². The molecule has 0 N–H and O–H groups in total. The summed E-state index contributed by atoms with van der Waals surface area (Å²) in [6.07, 6.45) is 3.73. The molecule has 0 fully saturated rings.